The summed E-state index contributed by atoms with van der Waals surface area (Å²) in [5, 5.41) is 5.58. The van der Waals surface area contributed by atoms with Crippen molar-refractivity contribution in [3.63, 3.8) is 0 Å². The summed E-state index contributed by atoms with van der Waals surface area (Å²) in [6.45, 7) is 5.93. The molecule has 0 saturated heterocycles. The molecule has 0 radical (unpaired) electrons. The van der Waals surface area contributed by atoms with Gasteiger partial charge in [0, 0.05) is 25.9 Å². The molecule has 6 heteroatoms. The standard InChI is InChI=1S/C34H42O3P2Si/c1-4-35-40(36-5-2,37-6-3)29-19-28-39(33-24-15-9-16-25-33,34-26-17-10-18-27-34)30-38(31-20-11-7-12-21-31)32-22-13-8-14-23-32/h7-18,20-27,30H,4-6,19,28-29H2,1-3H3. The predicted octanol–water partition coefficient (Wildman–Crippen LogP) is 6.99. The minimum Gasteiger partial charge on any atom is -0.374 e. The van der Waals surface area contributed by atoms with E-state index in [1.165, 1.54) is 21.2 Å². The lowest BCUT2D eigenvalue weighted by molar-refractivity contribution is 0.0712. The summed E-state index contributed by atoms with van der Waals surface area (Å²) in [5.74, 6) is 0. The maximum absolute atomic E-state index is 6.26. The Balaban J connectivity index is 1.89. The number of hydrogen-bond acceptors (Lipinski definition) is 3. The van der Waals surface area contributed by atoms with E-state index in [-0.39, 0.29) is 0 Å². The molecule has 0 N–H and O–H groups in total. The van der Waals surface area contributed by atoms with E-state index in [1.807, 2.05) is 20.8 Å². The second-order valence-corrected chi connectivity index (χ2v) is 18.2. The van der Waals surface area contributed by atoms with Crippen molar-refractivity contribution in [1.82, 2.24) is 0 Å². The molecule has 0 aromatic heterocycles. The van der Waals surface area contributed by atoms with Crippen molar-refractivity contribution in [2.75, 3.05) is 26.0 Å². The molecule has 0 heterocycles. The van der Waals surface area contributed by atoms with Crippen molar-refractivity contribution in [1.29, 1.82) is 0 Å². The van der Waals surface area contributed by atoms with E-state index in [4.69, 9.17) is 13.3 Å². The molecule has 0 aliphatic carbocycles. The molecule has 4 rings (SSSR count). The van der Waals surface area contributed by atoms with E-state index in [1.54, 1.807) is 0 Å². The summed E-state index contributed by atoms with van der Waals surface area (Å²) >= 11 is 0. The van der Waals surface area contributed by atoms with Crippen molar-refractivity contribution in [2.45, 2.75) is 33.2 Å². The molecule has 40 heavy (non-hydrogen) atoms. The Bertz CT molecular complexity index is 1220. The first kappa shape index (κ1) is 30.7. The Morgan fingerprint density at radius 2 is 0.950 bits per heavy atom. The molecular formula is C34H42O3P2Si. The smallest absolute Gasteiger partial charge is 0.374 e. The van der Waals surface area contributed by atoms with Crippen LogP contribution in [0.15, 0.2) is 121 Å². The summed E-state index contributed by atoms with van der Waals surface area (Å²) in [7, 11) is -3.46. The average molecular weight is 589 g/mol. The summed E-state index contributed by atoms with van der Waals surface area (Å²) in [5.41, 5.74) is 2.75. The van der Waals surface area contributed by atoms with Crippen LogP contribution in [-0.4, -0.2) is 40.3 Å². The van der Waals surface area contributed by atoms with Crippen molar-refractivity contribution < 1.29 is 13.3 Å². The molecule has 0 bridgehead atoms. The van der Waals surface area contributed by atoms with Crippen LogP contribution in [0, 0.1) is 0 Å². The molecule has 4 aromatic carbocycles. The van der Waals surface area contributed by atoms with Crippen LogP contribution in [0.25, 0.3) is 0 Å². The van der Waals surface area contributed by atoms with Gasteiger partial charge in [0.25, 0.3) is 0 Å². The maximum atomic E-state index is 6.26. The van der Waals surface area contributed by atoms with Crippen molar-refractivity contribution in [2.24, 2.45) is 0 Å². The van der Waals surface area contributed by atoms with Gasteiger partial charge in [-0.05, 0) is 74.9 Å². The second kappa shape index (κ2) is 15.6. The van der Waals surface area contributed by atoms with Gasteiger partial charge < -0.3 is 13.3 Å². The van der Waals surface area contributed by atoms with E-state index >= 15 is 0 Å². The third-order valence-corrected chi connectivity index (χ3v) is 17.7. The molecule has 0 saturated carbocycles. The summed E-state index contributed by atoms with van der Waals surface area (Å²) < 4.78 is 18.8. The first-order valence-corrected chi connectivity index (χ1v) is 19.7. The van der Waals surface area contributed by atoms with E-state index in [9.17, 15) is 0 Å². The molecular weight excluding hydrogens is 546 g/mol. The van der Waals surface area contributed by atoms with Crippen molar-refractivity contribution >= 4 is 50.4 Å². The first-order valence-electron chi connectivity index (χ1n) is 14.3. The fourth-order valence-corrected chi connectivity index (χ4v) is 16.4. The second-order valence-electron chi connectivity index (χ2n) is 9.51. The van der Waals surface area contributed by atoms with Crippen LogP contribution in [0.4, 0.5) is 0 Å². The average Bonchev–Trinajstić information content (AvgIpc) is 3.01. The van der Waals surface area contributed by atoms with Gasteiger partial charge in [-0.2, -0.15) is 0 Å². The highest BCUT2D eigenvalue weighted by atomic mass is 31.2. The van der Waals surface area contributed by atoms with Gasteiger partial charge >= 0.3 is 8.80 Å². The molecule has 0 amide bonds. The SMILES string of the molecule is CCO[Si](CCCP(=CP(c1ccccc1)c1ccccc1)(c1ccccc1)c1ccccc1)(OCC)OCC. The number of benzene rings is 4. The van der Waals surface area contributed by atoms with Crippen LogP contribution in [0.2, 0.25) is 6.04 Å². The molecule has 4 aromatic rings. The van der Waals surface area contributed by atoms with Gasteiger partial charge in [0.05, 0.1) is 0 Å². The Labute approximate surface area is 243 Å². The van der Waals surface area contributed by atoms with Gasteiger partial charge in [-0.25, -0.2) is 0 Å². The molecule has 0 aliphatic heterocycles. The van der Waals surface area contributed by atoms with Gasteiger partial charge in [-0.15, -0.1) is 0 Å². The van der Waals surface area contributed by atoms with Crippen molar-refractivity contribution in [3.8, 4) is 0 Å². The zero-order valence-electron chi connectivity index (χ0n) is 24.0. The van der Waals surface area contributed by atoms with E-state index in [0.717, 1.165) is 18.6 Å². The number of rotatable bonds is 15. The fraction of sp³-hybridized carbons (Fsp3) is 0.265. The van der Waals surface area contributed by atoms with Crippen LogP contribution in [0.5, 0.6) is 0 Å². The molecule has 3 nitrogen and oxygen atoms in total. The topological polar surface area (TPSA) is 27.7 Å². The summed E-state index contributed by atoms with van der Waals surface area (Å²) in [4.78, 5) is 0. The van der Waals surface area contributed by atoms with E-state index < -0.39 is 23.6 Å². The summed E-state index contributed by atoms with van der Waals surface area (Å²) in [6.07, 6.45) is 1.99. The maximum Gasteiger partial charge on any atom is 0.500 e. The zero-order chi connectivity index (χ0) is 28.1. The highest BCUT2D eigenvalue weighted by Crippen LogP contribution is 2.52. The molecule has 0 fully saturated rings. The Kier molecular flexibility index (Phi) is 12.0. The third kappa shape index (κ3) is 7.71. The van der Waals surface area contributed by atoms with Gasteiger partial charge in [-0.1, -0.05) is 121 Å². The van der Waals surface area contributed by atoms with Crippen LogP contribution in [-0.2, 0) is 13.3 Å². The minimum absolute atomic E-state index is 0.601. The largest absolute Gasteiger partial charge is 0.500 e. The molecule has 0 atom stereocenters. The van der Waals surface area contributed by atoms with Crippen LogP contribution < -0.4 is 21.2 Å². The molecule has 0 aliphatic rings. The Morgan fingerprint density at radius 1 is 0.575 bits per heavy atom. The lowest BCUT2D eigenvalue weighted by Gasteiger charge is -2.33. The quantitative estimate of drug-likeness (QED) is 0.111. The summed E-state index contributed by atoms with van der Waals surface area (Å²) in [6, 6.07) is 45.2. The molecule has 210 valence electrons. The zero-order valence-corrected chi connectivity index (χ0v) is 26.8. The van der Waals surface area contributed by atoms with Gasteiger partial charge in [0.15, 0.2) is 0 Å². The molecule has 0 spiro atoms. The van der Waals surface area contributed by atoms with Gasteiger partial charge in [-0.3, -0.25) is 0 Å². The van der Waals surface area contributed by atoms with E-state index in [2.05, 4.69) is 127 Å². The number of hydrogen-bond donors (Lipinski definition) is 0. The molecule has 0 unspecified atom stereocenters. The first-order chi connectivity index (χ1) is 19.7. The third-order valence-electron chi connectivity index (χ3n) is 6.90. The Morgan fingerprint density at radius 3 is 1.32 bits per heavy atom. The van der Waals surface area contributed by atoms with Gasteiger partial charge in [0.1, 0.15) is 0 Å². The normalized spacial score (nSPS) is 12.0. The van der Waals surface area contributed by atoms with Crippen LogP contribution in [0.3, 0.4) is 0 Å². The minimum atomic E-state index is -2.76. The van der Waals surface area contributed by atoms with Crippen molar-refractivity contribution in [3.05, 3.63) is 121 Å². The lowest BCUT2D eigenvalue weighted by Crippen LogP contribution is -2.46. The van der Waals surface area contributed by atoms with Gasteiger partial charge in [0.2, 0.25) is 0 Å². The Hall–Kier alpha value is -2.29. The van der Waals surface area contributed by atoms with E-state index in [0.29, 0.717) is 19.8 Å². The highest BCUT2D eigenvalue weighted by molar-refractivity contribution is 8.04. The monoisotopic (exact) mass is 588 g/mol. The highest BCUT2D eigenvalue weighted by Gasteiger charge is 2.40. The predicted molar refractivity (Wildman–Crippen MR) is 179 cm³/mol. The fourth-order valence-electron chi connectivity index (χ4n) is 5.19. The lowest BCUT2D eigenvalue weighted by atomic mass is 10.4. The van der Waals surface area contributed by atoms with Crippen LogP contribution in [0.1, 0.15) is 27.2 Å². The van der Waals surface area contributed by atoms with Crippen LogP contribution >= 0.6 is 14.8 Å².